The number of methoxy groups -OCH3 is 1. The van der Waals surface area contributed by atoms with Crippen molar-refractivity contribution in [1.82, 2.24) is 10.2 Å². The van der Waals surface area contributed by atoms with Gasteiger partial charge >= 0.3 is 0 Å². The fourth-order valence-corrected chi connectivity index (χ4v) is 6.43. The molecule has 0 aliphatic rings. The summed E-state index contributed by atoms with van der Waals surface area (Å²) in [7, 11) is -1.25. The summed E-state index contributed by atoms with van der Waals surface area (Å²) in [5, 5.41) is 3.38. The number of carbonyl (C=O) groups is 2. The normalized spacial score (nSPS) is 11.8. The topological polar surface area (TPSA) is 96.0 Å². The van der Waals surface area contributed by atoms with E-state index in [1.165, 1.54) is 43.3 Å². The minimum Gasteiger partial charge on any atom is -0.497 e. The highest BCUT2D eigenvalue weighted by molar-refractivity contribution is 7.92. The molecule has 0 bridgehead atoms. The van der Waals surface area contributed by atoms with Crippen molar-refractivity contribution in [2.24, 2.45) is 0 Å². The first kappa shape index (κ1) is 31.9. The van der Waals surface area contributed by atoms with Crippen LogP contribution in [-0.2, 0) is 32.6 Å². The SMILES string of the molecule is CNC(=O)[C@@H](Cc1ccccc1)N(Cc1ccc(Cl)cc1Cl)C(=O)CN(c1ccccc1)S(=O)(=O)c1ccc(OC)cc1. The third-order valence-electron chi connectivity index (χ3n) is 6.84. The summed E-state index contributed by atoms with van der Waals surface area (Å²) in [5.74, 6) is -0.523. The Bertz CT molecular complexity index is 1650. The lowest BCUT2D eigenvalue weighted by Crippen LogP contribution is -2.53. The van der Waals surface area contributed by atoms with Gasteiger partial charge in [0.15, 0.2) is 0 Å². The van der Waals surface area contributed by atoms with Crippen molar-refractivity contribution in [3.8, 4) is 5.75 Å². The molecule has 43 heavy (non-hydrogen) atoms. The number of amides is 2. The van der Waals surface area contributed by atoms with Crippen LogP contribution in [0.15, 0.2) is 108 Å². The van der Waals surface area contributed by atoms with Crippen LogP contribution < -0.4 is 14.4 Å². The molecule has 4 rings (SSSR count). The Labute approximate surface area is 261 Å². The molecule has 0 heterocycles. The number of para-hydroxylation sites is 1. The molecule has 8 nitrogen and oxygen atoms in total. The van der Waals surface area contributed by atoms with Crippen LogP contribution in [-0.4, -0.2) is 51.9 Å². The monoisotopic (exact) mass is 639 g/mol. The number of carbonyl (C=O) groups excluding carboxylic acids is 2. The molecule has 4 aromatic carbocycles. The van der Waals surface area contributed by atoms with Crippen molar-refractivity contribution in [1.29, 1.82) is 0 Å². The van der Waals surface area contributed by atoms with E-state index in [0.717, 1.165) is 9.87 Å². The van der Waals surface area contributed by atoms with Crippen molar-refractivity contribution in [2.45, 2.75) is 23.9 Å². The van der Waals surface area contributed by atoms with Gasteiger partial charge in [0.1, 0.15) is 18.3 Å². The number of likely N-dealkylation sites (N-methyl/N-ethyl adjacent to an activating group) is 1. The summed E-state index contributed by atoms with van der Waals surface area (Å²) in [4.78, 5) is 29.0. The Morgan fingerprint density at radius 2 is 1.51 bits per heavy atom. The number of hydrogen-bond acceptors (Lipinski definition) is 5. The van der Waals surface area contributed by atoms with Crippen LogP contribution >= 0.6 is 23.2 Å². The Morgan fingerprint density at radius 3 is 2.09 bits per heavy atom. The van der Waals surface area contributed by atoms with E-state index < -0.39 is 34.4 Å². The lowest BCUT2D eigenvalue weighted by molar-refractivity contribution is -0.139. The van der Waals surface area contributed by atoms with Crippen LogP contribution in [0.2, 0.25) is 10.0 Å². The fraction of sp³-hybridized carbons (Fsp3) is 0.188. The molecule has 4 aromatic rings. The number of nitrogens with zero attached hydrogens (tertiary/aromatic N) is 2. The molecule has 0 fully saturated rings. The van der Waals surface area contributed by atoms with Crippen molar-refractivity contribution < 1.29 is 22.7 Å². The molecule has 1 N–H and O–H groups in total. The lowest BCUT2D eigenvalue weighted by atomic mass is 10.0. The number of anilines is 1. The molecule has 0 radical (unpaired) electrons. The maximum absolute atomic E-state index is 14.3. The Balaban J connectivity index is 1.78. The molecule has 0 aliphatic carbocycles. The van der Waals surface area contributed by atoms with E-state index in [2.05, 4.69) is 5.32 Å². The number of nitrogens with one attached hydrogen (secondary N) is 1. The number of ether oxygens (including phenoxy) is 1. The van der Waals surface area contributed by atoms with E-state index >= 15 is 0 Å². The van der Waals surface area contributed by atoms with Gasteiger partial charge in [-0.1, -0.05) is 77.8 Å². The van der Waals surface area contributed by atoms with Gasteiger partial charge in [-0.2, -0.15) is 0 Å². The van der Waals surface area contributed by atoms with Gasteiger partial charge in [-0.25, -0.2) is 8.42 Å². The van der Waals surface area contributed by atoms with Crippen LogP contribution in [0.5, 0.6) is 5.75 Å². The van der Waals surface area contributed by atoms with Crippen LogP contribution in [0.1, 0.15) is 11.1 Å². The second kappa shape index (κ2) is 14.4. The summed E-state index contributed by atoms with van der Waals surface area (Å²) in [5.41, 5.74) is 1.66. The minimum atomic E-state index is -4.22. The van der Waals surface area contributed by atoms with Crippen molar-refractivity contribution >= 4 is 50.7 Å². The predicted molar refractivity (Wildman–Crippen MR) is 169 cm³/mol. The zero-order valence-electron chi connectivity index (χ0n) is 23.6. The first-order chi connectivity index (χ1) is 20.6. The largest absolute Gasteiger partial charge is 0.497 e. The van der Waals surface area contributed by atoms with Crippen LogP contribution in [0.4, 0.5) is 5.69 Å². The molecule has 1 atom stereocenters. The number of halogens is 2. The van der Waals surface area contributed by atoms with Crippen LogP contribution in [0.25, 0.3) is 0 Å². The van der Waals surface area contributed by atoms with Crippen molar-refractivity contribution in [3.05, 3.63) is 124 Å². The van der Waals surface area contributed by atoms with E-state index in [1.54, 1.807) is 48.5 Å². The van der Waals surface area contributed by atoms with E-state index in [0.29, 0.717) is 21.4 Å². The standard InChI is InChI=1S/C32H31Cl2N3O5S/c1-35-32(39)30(19-23-9-5-3-6-10-23)36(21-24-13-14-25(33)20-29(24)34)31(38)22-37(26-11-7-4-8-12-26)43(40,41)28-17-15-27(42-2)16-18-28/h3-18,20,30H,19,21-22H2,1-2H3,(H,35,39)/t30-/m1/s1. The number of rotatable bonds is 12. The van der Waals surface area contributed by atoms with Gasteiger partial charge in [0, 0.05) is 30.1 Å². The summed E-state index contributed by atoms with van der Waals surface area (Å²) in [6, 6.07) is 27.4. The molecule has 2 amide bonds. The molecule has 0 saturated heterocycles. The van der Waals surface area contributed by atoms with Crippen molar-refractivity contribution in [3.63, 3.8) is 0 Å². The molecule has 11 heteroatoms. The number of benzene rings is 4. The molecule has 0 saturated carbocycles. The quantitative estimate of drug-likeness (QED) is 0.218. The Morgan fingerprint density at radius 1 is 0.884 bits per heavy atom. The van der Waals surface area contributed by atoms with Gasteiger partial charge in [-0.3, -0.25) is 13.9 Å². The molecule has 0 aromatic heterocycles. The highest BCUT2D eigenvalue weighted by Gasteiger charge is 2.34. The molecular formula is C32H31Cl2N3O5S. The highest BCUT2D eigenvalue weighted by Crippen LogP contribution is 2.27. The highest BCUT2D eigenvalue weighted by atomic mass is 35.5. The first-order valence-corrected chi connectivity index (χ1v) is 15.5. The first-order valence-electron chi connectivity index (χ1n) is 13.3. The predicted octanol–water partition coefficient (Wildman–Crippen LogP) is 5.58. The molecule has 224 valence electrons. The summed E-state index contributed by atoms with van der Waals surface area (Å²) in [6.45, 7) is -0.642. The molecule has 0 aliphatic heterocycles. The number of hydrogen-bond donors (Lipinski definition) is 1. The van der Waals surface area contributed by atoms with E-state index in [9.17, 15) is 18.0 Å². The summed E-state index contributed by atoms with van der Waals surface area (Å²) >= 11 is 12.6. The van der Waals surface area contributed by atoms with E-state index in [4.69, 9.17) is 27.9 Å². The third kappa shape index (κ3) is 7.87. The van der Waals surface area contributed by atoms with Gasteiger partial charge in [0.05, 0.1) is 17.7 Å². The van der Waals surface area contributed by atoms with Crippen molar-refractivity contribution in [2.75, 3.05) is 25.0 Å². The Hall–Kier alpha value is -4.05. The molecular weight excluding hydrogens is 609 g/mol. The van der Waals surface area contributed by atoms with Crippen LogP contribution in [0.3, 0.4) is 0 Å². The average molecular weight is 641 g/mol. The zero-order valence-corrected chi connectivity index (χ0v) is 25.9. The van der Waals surface area contributed by atoms with Gasteiger partial charge in [-0.05, 0) is 59.7 Å². The fourth-order valence-electron chi connectivity index (χ4n) is 4.55. The average Bonchev–Trinajstić information content (AvgIpc) is 3.02. The molecule has 0 unspecified atom stereocenters. The van der Waals surface area contributed by atoms with Crippen LogP contribution in [0, 0.1) is 0 Å². The van der Waals surface area contributed by atoms with E-state index in [1.807, 2.05) is 30.3 Å². The third-order valence-corrected chi connectivity index (χ3v) is 9.22. The van der Waals surface area contributed by atoms with Gasteiger partial charge in [0.2, 0.25) is 11.8 Å². The van der Waals surface area contributed by atoms with E-state index in [-0.39, 0.29) is 23.5 Å². The minimum absolute atomic E-state index is 0.0237. The second-order valence-electron chi connectivity index (χ2n) is 9.60. The maximum Gasteiger partial charge on any atom is 0.264 e. The van der Waals surface area contributed by atoms with Gasteiger partial charge in [-0.15, -0.1) is 0 Å². The second-order valence-corrected chi connectivity index (χ2v) is 12.3. The Kier molecular flexibility index (Phi) is 10.7. The zero-order chi connectivity index (χ0) is 31.0. The molecule has 0 spiro atoms. The lowest BCUT2D eigenvalue weighted by Gasteiger charge is -2.33. The smallest absolute Gasteiger partial charge is 0.264 e. The number of sulfonamides is 1. The van der Waals surface area contributed by atoms with Gasteiger partial charge < -0.3 is 15.0 Å². The summed E-state index contributed by atoms with van der Waals surface area (Å²) in [6.07, 6.45) is 0.189. The van der Waals surface area contributed by atoms with Gasteiger partial charge in [0.25, 0.3) is 10.0 Å². The summed E-state index contributed by atoms with van der Waals surface area (Å²) < 4.78 is 34.2. The maximum atomic E-state index is 14.3.